The molecule has 19 heavy (non-hydrogen) atoms. The van der Waals surface area contributed by atoms with Crippen LogP contribution < -0.4 is 10.0 Å². The summed E-state index contributed by atoms with van der Waals surface area (Å²) in [5.41, 5.74) is 0.976. The van der Waals surface area contributed by atoms with Crippen LogP contribution in [0.1, 0.15) is 30.3 Å². The molecule has 7 heteroatoms. The lowest BCUT2D eigenvalue weighted by Gasteiger charge is -2.22. The summed E-state index contributed by atoms with van der Waals surface area (Å²) in [7, 11) is -3.28. The monoisotopic (exact) mass is 303 g/mol. The molecule has 1 aromatic heterocycles. The van der Waals surface area contributed by atoms with Gasteiger partial charge in [-0.2, -0.15) is 0 Å². The van der Waals surface area contributed by atoms with Gasteiger partial charge in [-0.05, 0) is 45.2 Å². The number of nitrogens with zero attached hydrogens (tertiary/aromatic N) is 1. The Morgan fingerprint density at radius 3 is 2.68 bits per heavy atom. The molecule has 0 saturated carbocycles. The lowest BCUT2D eigenvalue weighted by atomic mass is 10.0. The summed E-state index contributed by atoms with van der Waals surface area (Å²) in [5, 5.41) is 3.75. The first-order valence-corrected chi connectivity index (χ1v) is 9.14. The molecule has 2 rings (SSSR count). The van der Waals surface area contributed by atoms with E-state index in [2.05, 4.69) is 15.0 Å². The fourth-order valence-corrected chi connectivity index (χ4v) is 4.98. The quantitative estimate of drug-likeness (QED) is 0.869. The van der Waals surface area contributed by atoms with Crippen molar-refractivity contribution in [1.82, 2.24) is 10.3 Å². The number of rotatable bonds is 5. The van der Waals surface area contributed by atoms with E-state index in [-0.39, 0.29) is 11.7 Å². The highest BCUT2D eigenvalue weighted by molar-refractivity contribution is 7.92. The molecule has 108 valence electrons. The highest BCUT2D eigenvalue weighted by atomic mass is 32.2. The molecule has 0 spiro atoms. The van der Waals surface area contributed by atoms with E-state index in [9.17, 15) is 8.42 Å². The molecule has 5 nitrogen and oxygen atoms in total. The van der Waals surface area contributed by atoms with E-state index in [1.54, 1.807) is 0 Å². The van der Waals surface area contributed by atoms with Crippen molar-refractivity contribution in [2.75, 3.05) is 23.6 Å². The first-order chi connectivity index (χ1) is 9.00. The average Bonchev–Trinajstić information content (AvgIpc) is 2.69. The molecule has 1 aliphatic heterocycles. The van der Waals surface area contributed by atoms with Crippen molar-refractivity contribution in [3.8, 4) is 0 Å². The van der Waals surface area contributed by atoms with Crippen molar-refractivity contribution in [1.29, 1.82) is 0 Å². The Hall–Kier alpha value is -0.660. The van der Waals surface area contributed by atoms with Gasteiger partial charge in [-0.15, -0.1) is 11.3 Å². The maximum Gasteiger partial charge on any atom is 0.234 e. The van der Waals surface area contributed by atoms with Crippen LogP contribution in [0.15, 0.2) is 0 Å². The van der Waals surface area contributed by atoms with Crippen LogP contribution in [0.4, 0.5) is 5.13 Å². The molecule has 1 aliphatic rings. The van der Waals surface area contributed by atoms with Crippen molar-refractivity contribution in [3.63, 3.8) is 0 Å². The van der Waals surface area contributed by atoms with Crippen molar-refractivity contribution >= 4 is 26.5 Å². The first kappa shape index (κ1) is 14.7. The van der Waals surface area contributed by atoms with Gasteiger partial charge in [0.25, 0.3) is 0 Å². The van der Waals surface area contributed by atoms with Crippen LogP contribution in [-0.2, 0) is 16.4 Å². The molecule has 1 saturated heterocycles. The van der Waals surface area contributed by atoms with Crippen LogP contribution in [0.3, 0.4) is 0 Å². The molecule has 1 aromatic rings. The Bertz CT molecular complexity index is 519. The predicted molar refractivity (Wildman–Crippen MR) is 79.2 cm³/mol. The molecular formula is C12H21N3O2S2. The van der Waals surface area contributed by atoms with Crippen LogP contribution in [0.25, 0.3) is 0 Å². The number of hydrogen-bond donors (Lipinski definition) is 2. The molecule has 0 amide bonds. The Morgan fingerprint density at radius 1 is 1.42 bits per heavy atom. The fraction of sp³-hybridized carbons (Fsp3) is 0.750. The second kappa shape index (κ2) is 6.19. The summed E-state index contributed by atoms with van der Waals surface area (Å²) in [6.07, 6.45) is 2.69. The van der Waals surface area contributed by atoms with Crippen LogP contribution in [-0.4, -0.2) is 32.2 Å². The zero-order chi connectivity index (χ0) is 13.9. The number of aromatic nitrogens is 1. The van der Waals surface area contributed by atoms with Gasteiger partial charge in [-0.25, -0.2) is 13.4 Å². The van der Waals surface area contributed by atoms with Crippen molar-refractivity contribution in [2.24, 2.45) is 5.92 Å². The third kappa shape index (κ3) is 4.15. The maximum atomic E-state index is 12.1. The Kier molecular flexibility index (Phi) is 4.81. The van der Waals surface area contributed by atoms with Gasteiger partial charge in [0, 0.05) is 4.88 Å². The van der Waals surface area contributed by atoms with Crippen molar-refractivity contribution < 1.29 is 8.42 Å². The molecule has 0 aromatic carbocycles. The largest absolute Gasteiger partial charge is 0.317 e. The number of piperidine rings is 1. The van der Waals surface area contributed by atoms with E-state index in [1.165, 1.54) is 11.3 Å². The predicted octanol–water partition coefficient (Wildman–Crippen LogP) is 1.76. The van der Waals surface area contributed by atoms with Crippen LogP contribution in [0, 0.1) is 12.8 Å². The number of thiazole rings is 1. The van der Waals surface area contributed by atoms with Gasteiger partial charge in [0.1, 0.15) is 0 Å². The number of aryl methyl sites for hydroxylation is 2. The lowest BCUT2D eigenvalue weighted by molar-refractivity contribution is 0.402. The third-order valence-electron chi connectivity index (χ3n) is 3.38. The van der Waals surface area contributed by atoms with Gasteiger partial charge in [0.2, 0.25) is 10.0 Å². The number of sulfonamides is 1. The first-order valence-electron chi connectivity index (χ1n) is 6.67. The topological polar surface area (TPSA) is 71.1 Å². The average molecular weight is 303 g/mol. The van der Waals surface area contributed by atoms with Crippen LogP contribution in [0.2, 0.25) is 0 Å². The number of nitrogens with one attached hydrogen (secondary N) is 2. The third-order valence-corrected chi connectivity index (χ3v) is 5.86. The molecule has 0 aliphatic carbocycles. The SMILES string of the molecule is CCc1nc(NS(=O)(=O)CC2CCNCC2)sc1C. The van der Waals surface area contributed by atoms with Gasteiger partial charge in [0.05, 0.1) is 11.4 Å². The van der Waals surface area contributed by atoms with E-state index in [0.29, 0.717) is 5.13 Å². The summed E-state index contributed by atoms with van der Waals surface area (Å²) in [6.45, 7) is 5.82. The molecule has 0 unspecified atom stereocenters. The smallest absolute Gasteiger partial charge is 0.234 e. The molecular weight excluding hydrogens is 282 g/mol. The standard InChI is InChI=1S/C12H21N3O2S2/c1-3-11-9(2)18-12(14-11)15-19(16,17)8-10-4-6-13-7-5-10/h10,13H,3-8H2,1-2H3,(H,14,15). The maximum absolute atomic E-state index is 12.1. The molecule has 1 fully saturated rings. The molecule has 0 bridgehead atoms. The highest BCUT2D eigenvalue weighted by Gasteiger charge is 2.22. The van der Waals surface area contributed by atoms with E-state index < -0.39 is 10.0 Å². The summed E-state index contributed by atoms with van der Waals surface area (Å²) in [4.78, 5) is 5.41. The van der Waals surface area contributed by atoms with E-state index in [0.717, 1.165) is 42.9 Å². The van der Waals surface area contributed by atoms with Gasteiger partial charge >= 0.3 is 0 Å². The van der Waals surface area contributed by atoms with E-state index in [1.807, 2.05) is 13.8 Å². The van der Waals surface area contributed by atoms with Gasteiger partial charge < -0.3 is 5.32 Å². The molecule has 2 heterocycles. The zero-order valence-corrected chi connectivity index (χ0v) is 13.0. The minimum atomic E-state index is -3.28. The van der Waals surface area contributed by atoms with Gasteiger partial charge in [-0.3, -0.25) is 4.72 Å². The summed E-state index contributed by atoms with van der Waals surface area (Å²) < 4.78 is 26.8. The second-order valence-electron chi connectivity index (χ2n) is 4.95. The zero-order valence-electron chi connectivity index (χ0n) is 11.4. The Morgan fingerprint density at radius 2 is 2.11 bits per heavy atom. The van der Waals surface area contributed by atoms with E-state index in [4.69, 9.17) is 0 Å². The minimum Gasteiger partial charge on any atom is -0.317 e. The number of anilines is 1. The van der Waals surface area contributed by atoms with Gasteiger partial charge in [0.15, 0.2) is 5.13 Å². The summed E-state index contributed by atoms with van der Waals surface area (Å²) in [5.74, 6) is 0.458. The van der Waals surface area contributed by atoms with Crippen LogP contribution in [0.5, 0.6) is 0 Å². The lowest BCUT2D eigenvalue weighted by Crippen LogP contribution is -2.33. The van der Waals surface area contributed by atoms with Gasteiger partial charge in [-0.1, -0.05) is 6.92 Å². The van der Waals surface area contributed by atoms with E-state index >= 15 is 0 Å². The van der Waals surface area contributed by atoms with Crippen molar-refractivity contribution in [2.45, 2.75) is 33.1 Å². The van der Waals surface area contributed by atoms with Crippen LogP contribution >= 0.6 is 11.3 Å². The number of hydrogen-bond acceptors (Lipinski definition) is 5. The molecule has 0 radical (unpaired) electrons. The normalized spacial score (nSPS) is 17.6. The Balaban J connectivity index is 1.99. The molecule has 0 atom stereocenters. The Labute approximate surface area is 118 Å². The fourth-order valence-electron chi connectivity index (χ4n) is 2.33. The minimum absolute atomic E-state index is 0.203. The van der Waals surface area contributed by atoms with Crippen molar-refractivity contribution in [3.05, 3.63) is 10.6 Å². The summed E-state index contributed by atoms with van der Waals surface area (Å²) in [6, 6.07) is 0. The molecule has 2 N–H and O–H groups in total. The second-order valence-corrected chi connectivity index (χ2v) is 7.92. The summed E-state index contributed by atoms with van der Waals surface area (Å²) >= 11 is 1.41. The highest BCUT2D eigenvalue weighted by Crippen LogP contribution is 2.24.